The quantitative estimate of drug-likeness (QED) is 0.524. The topological polar surface area (TPSA) is 69.0 Å². The van der Waals surface area contributed by atoms with Gasteiger partial charge < -0.3 is 10.1 Å². The first-order valence-corrected chi connectivity index (χ1v) is 9.60. The standard InChI is InChI=1S/C24H22N4O2/c1-16-4-8-18(9-5-16)22-26-24(30-3)27-28(22)21-14-12-20(13-15-21)25-23(29)19-10-6-17(2)7-11-19/h4-15H,1-3H3,(H,25,29). The molecule has 3 aromatic carbocycles. The van der Waals surface area contributed by atoms with Crippen LogP contribution in [0.1, 0.15) is 21.5 Å². The smallest absolute Gasteiger partial charge is 0.336 e. The molecule has 6 nitrogen and oxygen atoms in total. The van der Waals surface area contributed by atoms with E-state index in [0.717, 1.165) is 16.8 Å². The molecule has 0 aliphatic rings. The Kier molecular flexibility index (Phi) is 5.30. The zero-order valence-electron chi connectivity index (χ0n) is 17.1. The molecule has 1 N–H and O–H groups in total. The van der Waals surface area contributed by atoms with E-state index in [-0.39, 0.29) is 5.91 Å². The van der Waals surface area contributed by atoms with Gasteiger partial charge in [-0.3, -0.25) is 4.79 Å². The number of rotatable bonds is 5. The molecule has 0 saturated heterocycles. The van der Waals surface area contributed by atoms with Crippen molar-refractivity contribution in [2.24, 2.45) is 0 Å². The van der Waals surface area contributed by atoms with Gasteiger partial charge in [0.1, 0.15) is 0 Å². The summed E-state index contributed by atoms with van der Waals surface area (Å²) in [6.07, 6.45) is 0. The number of aromatic nitrogens is 3. The van der Waals surface area contributed by atoms with Gasteiger partial charge in [0.2, 0.25) is 0 Å². The van der Waals surface area contributed by atoms with Crippen LogP contribution >= 0.6 is 0 Å². The van der Waals surface area contributed by atoms with Crippen LogP contribution in [-0.2, 0) is 0 Å². The molecule has 150 valence electrons. The van der Waals surface area contributed by atoms with E-state index in [1.165, 1.54) is 5.56 Å². The van der Waals surface area contributed by atoms with Crippen LogP contribution in [0.2, 0.25) is 0 Å². The summed E-state index contributed by atoms with van der Waals surface area (Å²) in [6.45, 7) is 4.03. The monoisotopic (exact) mass is 398 g/mol. The third kappa shape index (κ3) is 4.07. The number of hydrogen-bond donors (Lipinski definition) is 1. The summed E-state index contributed by atoms with van der Waals surface area (Å²) in [7, 11) is 1.54. The van der Waals surface area contributed by atoms with Crippen LogP contribution < -0.4 is 10.1 Å². The molecule has 1 amide bonds. The van der Waals surface area contributed by atoms with Crippen LogP contribution in [0, 0.1) is 13.8 Å². The van der Waals surface area contributed by atoms with Gasteiger partial charge in [0.05, 0.1) is 12.8 Å². The third-order valence-electron chi connectivity index (χ3n) is 4.76. The third-order valence-corrected chi connectivity index (χ3v) is 4.76. The number of anilines is 1. The first kappa shape index (κ1) is 19.4. The Morgan fingerprint density at radius 1 is 0.867 bits per heavy atom. The summed E-state index contributed by atoms with van der Waals surface area (Å²) >= 11 is 0. The highest BCUT2D eigenvalue weighted by atomic mass is 16.5. The molecule has 0 fully saturated rings. The van der Waals surface area contributed by atoms with Crippen molar-refractivity contribution in [2.45, 2.75) is 13.8 Å². The second-order valence-corrected chi connectivity index (χ2v) is 7.07. The zero-order chi connectivity index (χ0) is 21.1. The molecular weight excluding hydrogens is 376 g/mol. The Hall–Kier alpha value is -3.93. The van der Waals surface area contributed by atoms with Crippen LogP contribution in [-0.4, -0.2) is 27.8 Å². The van der Waals surface area contributed by atoms with Gasteiger partial charge in [-0.15, -0.1) is 5.10 Å². The lowest BCUT2D eigenvalue weighted by Gasteiger charge is -2.09. The molecule has 0 radical (unpaired) electrons. The fourth-order valence-corrected chi connectivity index (χ4v) is 3.04. The molecule has 0 atom stereocenters. The first-order chi connectivity index (χ1) is 14.5. The van der Waals surface area contributed by atoms with Crippen molar-refractivity contribution in [3.05, 3.63) is 89.5 Å². The highest BCUT2D eigenvalue weighted by molar-refractivity contribution is 6.04. The predicted molar refractivity (Wildman–Crippen MR) is 117 cm³/mol. The van der Waals surface area contributed by atoms with Crippen molar-refractivity contribution >= 4 is 11.6 Å². The van der Waals surface area contributed by atoms with Gasteiger partial charge in [0.15, 0.2) is 5.82 Å². The number of carbonyl (C=O) groups excluding carboxylic acids is 1. The lowest BCUT2D eigenvalue weighted by atomic mass is 10.1. The Labute approximate surface area is 175 Å². The van der Waals surface area contributed by atoms with E-state index in [1.54, 1.807) is 11.8 Å². The van der Waals surface area contributed by atoms with Crippen molar-refractivity contribution in [3.8, 4) is 23.1 Å². The predicted octanol–water partition coefficient (Wildman–Crippen LogP) is 4.81. The first-order valence-electron chi connectivity index (χ1n) is 9.60. The molecule has 0 aliphatic carbocycles. The maximum Gasteiger partial charge on any atom is 0.336 e. The average molecular weight is 398 g/mol. The summed E-state index contributed by atoms with van der Waals surface area (Å²) in [5.41, 5.74) is 5.36. The van der Waals surface area contributed by atoms with E-state index in [4.69, 9.17) is 4.74 Å². The molecule has 30 heavy (non-hydrogen) atoms. The molecule has 0 spiro atoms. The van der Waals surface area contributed by atoms with Crippen molar-refractivity contribution in [1.29, 1.82) is 0 Å². The van der Waals surface area contributed by atoms with Crippen LogP contribution in [0.5, 0.6) is 6.01 Å². The normalized spacial score (nSPS) is 10.6. The fourth-order valence-electron chi connectivity index (χ4n) is 3.04. The van der Waals surface area contributed by atoms with E-state index in [1.807, 2.05) is 86.6 Å². The van der Waals surface area contributed by atoms with Crippen LogP contribution in [0.4, 0.5) is 5.69 Å². The summed E-state index contributed by atoms with van der Waals surface area (Å²) in [6, 6.07) is 23.3. The number of carbonyl (C=O) groups is 1. The number of aryl methyl sites for hydroxylation is 2. The Bertz CT molecular complexity index is 1160. The largest absolute Gasteiger partial charge is 0.466 e. The molecule has 0 aliphatic heterocycles. The minimum Gasteiger partial charge on any atom is -0.466 e. The van der Waals surface area contributed by atoms with Crippen molar-refractivity contribution in [3.63, 3.8) is 0 Å². The number of nitrogens with one attached hydrogen (secondary N) is 1. The summed E-state index contributed by atoms with van der Waals surface area (Å²) in [5, 5.41) is 7.36. The van der Waals surface area contributed by atoms with E-state index in [0.29, 0.717) is 23.1 Å². The number of benzene rings is 3. The minimum absolute atomic E-state index is 0.148. The van der Waals surface area contributed by atoms with Crippen LogP contribution in [0.25, 0.3) is 17.1 Å². The second kappa shape index (κ2) is 8.21. The maximum atomic E-state index is 12.4. The molecule has 4 rings (SSSR count). The van der Waals surface area contributed by atoms with E-state index in [2.05, 4.69) is 15.4 Å². The summed E-state index contributed by atoms with van der Waals surface area (Å²) in [4.78, 5) is 16.9. The molecule has 1 aromatic heterocycles. The van der Waals surface area contributed by atoms with Gasteiger partial charge in [-0.25, -0.2) is 4.68 Å². The van der Waals surface area contributed by atoms with Gasteiger partial charge in [0, 0.05) is 16.8 Å². The molecule has 0 bridgehead atoms. The van der Waals surface area contributed by atoms with Gasteiger partial charge in [-0.05, 0) is 50.2 Å². The fraction of sp³-hybridized carbons (Fsp3) is 0.125. The number of ether oxygens (including phenoxy) is 1. The van der Waals surface area contributed by atoms with E-state index in [9.17, 15) is 4.79 Å². The van der Waals surface area contributed by atoms with Crippen molar-refractivity contribution in [2.75, 3.05) is 12.4 Å². The van der Waals surface area contributed by atoms with Crippen LogP contribution in [0.3, 0.4) is 0 Å². The van der Waals surface area contributed by atoms with Gasteiger partial charge in [0.25, 0.3) is 5.91 Å². The van der Waals surface area contributed by atoms with Gasteiger partial charge in [-0.1, -0.05) is 47.5 Å². The summed E-state index contributed by atoms with van der Waals surface area (Å²) < 4.78 is 6.97. The van der Waals surface area contributed by atoms with Crippen molar-refractivity contribution < 1.29 is 9.53 Å². The highest BCUT2D eigenvalue weighted by Gasteiger charge is 2.14. The Balaban J connectivity index is 1.59. The number of amides is 1. The highest BCUT2D eigenvalue weighted by Crippen LogP contribution is 2.24. The SMILES string of the molecule is COc1nc(-c2ccc(C)cc2)n(-c2ccc(NC(=O)c3ccc(C)cc3)cc2)n1. The molecular formula is C24H22N4O2. The minimum atomic E-state index is -0.148. The van der Waals surface area contributed by atoms with Gasteiger partial charge in [-0.2, -0.15) is 4.98 Å². The zero-order valence-corrected chi connectivity index (χ0v) is 17.1. The van der Waals surface area contributed by atoms with Crippen LogP contribution in [0.15, 0.2) is 72.8 Å². The molecule has 6 heteroatoms. The summed E-state index contributed by atoms with van der Waals surface area (Å²) in [5.74, 6) is 0.536. The lowest BCUT2D eigenvalue weighted by molar-refractivity contribution is 0.102. The molecule has 4 aromatic rings. The average Bonchev–Trinajstić information content (AvgIpc) is 3.20. The molecule has 0 saturated carbocycles. The number of hydrogen-bond acceptors (Lipinski definition) is 4. The van der Waals surface area contributed by atoms with Gasteiger partial charge >= 0.3 is 6.01 Å². The molecule has 1 heterocycles. The Morgan fingerprint density at radius 3 is 2.07 bits per heavy atom. The van der Waals surface area contributed by atoms with Crippen molar-refractivity contribution in [1.82, 2.24) is 14.8 Å². The van der Waals surface area contributed by atoms with E-state index >= 15 is 0 Å². The van der Waals surface area contributed by atoms with E-state index < -0.39 is 0 Å². The number of methoxy groups -OCH3 is 1. The second-order valence-electron chi connectivity index (χ2n) is 7.07. The molecule has 0 unspecified atom stereocenters. The lowest BCUT2D eigenvalue weighted by Crippen LogP contribution is -2.11. The Morgan fingerprint density at radius 2 is 1.47 bits per heavy atom. The number of nitrogens with zero attached hydrogens (tertiary/aromatic N) is 3. The maximum absolute atomic E-state index is 12.4.